The van der Waals surface area contributed by atoms with E-state index in [2.05, 4.69) is 15.3 Å². The number of methoxy groups -OCH3 is 1. The van der Waals surface area contributed by atoms with Crippen molar-refractivity contribution in [1.29, 1.82) is 0 Å². The Hall–Kier alpha value is -2.87. The molecule has 0 atom stereocenters. The maximum absolute atomic E-state index is 12.5. The van der Waals surface area contributed by atoms with E-state index in [0.717, 1.165) is 37.4 Å². The first-order valence-corrected chi connectivity index (χ1v) is 9.95. The molecule has 1 aliphatic heterocycles. The number of hydrogen-bond acceptors (Lipinski definition) is 6. The molecule has 0 bridgehead atoms. The summed E-state index contributed by atoms with van der Waals surface area (Å²) in [7, 11) is 1.60. The van der Waals surface area contributed by atoms with Crippen LogP contribution in [-0.2, 0) is 11.3 Å². The van der Waals surface area contributed by atoms with Crippen molar-refractivity contribution < 1.29 is 14.3 Å². The standard InChI is InChI=1S/C21H28N4O4/c1-3-29-19-6-4-16(5-7-19)21(27)23-17-8-10-24(11-9-17)18-14-20(26)25(22-15-18)12-13-28-2/h4-7,14-15,17H,3,8-13H2,1-2H3,(H,23,27). The molecule has 0 aliphatic carbocycles. The van der Waals surface area contributed by atoms with E-state index in [4.69, 9.17) is 9.47 Å². The zero-order valence-corrected chi connectivity index (χ0v) is 17.0. The van der Waals surface area contributed by atoms with Gasteiger partial charge in [-0.2, -0.15) is 5.10 Å². The van der Waals surface area contributed by atoms with Gasteiger partial charge in [0.05, 0.1) is 31.6 Å². The van der Waals surface area contributed by atoms with Crippen molar-refractivity contribution in [3.63, 3.8) is 0 Å². The van der Waals surface area contributed by atoms with Crippen LogP contribution in [0.5, 0.6) is 5.75 Å². The molecule has 29 heavy (non-hydrogen) atoms. The highest BCUT2D eigenvalue weighted by Gasteiger charge is 2.22. The summed E-state index contributed by atoms with van der Waals surface area (Å²) in [5, 5.41) is 7.32. The van der Waals surface area contributed by atoms with Crippen molar-refractivity contribution in [2.24, 2.45) is 0 Å². The van der Waals surface area contributed by atoms with Gasteiger partial charge in [-0.25, -0.2) is 4.68 Å². The number of anilines is 1. The van der Waals surface area contributed by atoms with Gasteiger partial charge < -0.3 is 19.7 Å². The van der Waals surface area contributed by atoms with Gasteiger partial charge in [0.2, 0.25) is 0 Å². The van der Waals surface area contributed by atoms with Crippen molar-refractivity contribution in [3.05, 3.63) is 52.4 Å². The summed E-state index contributed by atoms with van der Waals surface area (Å²) in [6.07, 6.45) is 3.35. The van der Waals surface area contributed by atoms with Crippen molar-refractivity contribution >= 4 is 11.6 Å². The molecule has 0 unspecified atom stereocenters. The van der Waals surface area contributed by atoms with E-state index < -0.39 is 0 Å². The van der Waals surface area contributed by atoms with E-state index in [1.54, 1.807) is 31.5 Å². The van der Waals surface area contributed by atoms with E-state index in [9.17, 15) is 9.59 Å². The first-order chi connectivity index (χ1) is 14.1. The molecular formula is C21H28N4O4. The number of benzene rings is 1. The Balaban J connectivity index is 1.51. The molecule has 1 fully saturated rings. The highest BCUT2D eigenvalue weighted by Crippen LogP contribution is 2.18. The average Bonchev–Trinajstić information content (AvgIpc) is 2.74. The van der Waals surface area contributed by atoms with Gasteiger partial charge in [0.1, 0.15) is 5.75 Å². The van der Waals surface area contributed by atoms with Crippen LogP contribution in [0.1, 0.15) is 30.1 Å². The van der Waals surface area contributed by atoms with Crippen LogP contribution >= 0.6 is 0 Å². The molecule has 2 heterocycles. The molecule has 8 nitrogen and oxygen atoms in total. The summed E-state index contributed by atoms with van der Waals surface area (Å²) in [5.74, 6) is 0.684. The van der Waals surface area contributed by atoms with Crippen molar-refractivity contribution in [2.45, 2.75) is 32.4 Å². The number of nitrogens with zero attached hydrogens (tertiary/aromatic N) is 3. The average molecular weight is 400 g/mol. The zero-order valence-electron chi connectivity index (χ0n) is 17.0. The summed E-state index contributed by atoms with van der Waals surface area (Å²) in [6, 6.07) is 8.90. The number of aromatic nitrogens is 2. The lowest BCUT2D eigenvalue weighted by Crippen LogP contribution is -2.45. The van der Waals surface area contributed by atoms with Crippen molar-refractivity contribution in [2.75, 3.05) is 38.3 Å². The van der Waals surface area contributed by atoms with Gasteiger partial charge in [-0.3, -0.25) is 9.59 Å². The number of nitrogens with one attached hydrogen (secondary N) is 1. The molecule has 1 saturated heterocycles. The Morgan fingerprint density at radius 2 is 1.97 bits per heavy atom. The smallest absolute Gasteiger partial charge is 0.268 e. The highest BCUT2D eigenvalue weighted by molar-refractivity contribution is 5.94. The maximum Gasteiger partial charge on any atom is 0.268 e. The Morgan fingerprint density at radius 1 is 1.24 bits per heavy atom. The fourth-order valence-electron chi connectivity index (χ4n) is 3.36. The predicted octanol–water partition coefficient (Wildman–Crippen LogP) is 1.69. The Kier molecular flexibility index (Phi) is 7.24. The molecular weight excluding hydrogens is 372 g/mol. The second-order valence-electron chi connectivity index (χ2n) is 6.96. The largest absolute Gasteiger partial charge is 0.494 e. The molecule has 3 rings (SSSR count). The van der Waals surface area contributed by atoms with Gasteiger partial charge in [0.25, 0.3) is 11.5 Å². The zero-order chi connectivity index (χ0) is 20.6. The van der Waals surface area contributed by atoms with E-state index in [1.807, 2.05) is 19.1 Å². The third-order valence-corrected chi connectivity index (χ3v) is 4.99. The summed E-state index contributed by atoms with van der Waals surface area (Å²) < 4.78 is 11.8. The van der Waals surface area contributed by atoms with Crippen LogP contribution < -0.4 is 20.5 Å². The van der Waals surface area contributed by atoms with Gasteiger partial charge in [-0.1, -0.05) is 0 Å². The van der Waals surface area contributed by atoms with Gasteiger partial charge in [-0.05, 0) is 44.0 Å². The lowest BCUT2D eigenvalue weighted by molar-refractivity contribution is 0.0931. The lowest BCUT2D eigenvalue weighted by atomic mass is 10.0. The minimum atomic E-state index is -0.134. The molecule has 2 aromatic rings. The topological polar surface area (TPSA) is 85.7 Å². The normalized spacial score (nSPS) is 14.6. The number of ether oxygens (including phenoxy) is 2. The maximum atomic E-state index is 12.5. The molecule has 1 aliphatic rings. The Labute approximate surface area is 170 Å². The van der Waals surface area contributed by atoms with E-state index in [1.165, 1.54) is 4.68 Å². The molecule has 8 heteroatoms. The summed E-state index contributed by atoms with van der Waals surface area (Å²) in [4.78, 5) is 26.8. The Morgan fingerprint density at radius 3 is 2.59 bits per heavy atom. The van der Waals surface area contributed by atoms with E-state index >= 15 is 0 Å². The van der Waals surface area contributed by atoms with Crippen LogP contribution in [0, 0.1) is 0 Å². The molecule has 1 aromatic carbocycles. The van der Waals surface area contributed by atoms with Crippen LogP contribution in [-0.4, -0.2) is 55.1 Å². The first-order valence-electron chi connectivity index (χ1n) is 9.95. The molecule has 0 saturated carbocycles. The molecule has 1 aromatic heterocycles. The number of amides is 1. The summed E-state index contributed by atoms with van der Waals surface area (Å²) in [5.41, 5.74) is 1.31. The molecule has 0 radical (unpaired) electrons. The van der Waals surface area contributed by atoms with Crippen molar-refractivity contribution in [3.8, 4) is 5.75 Å². The van der Waals surface area contributed by atoms with E-state index in [0.29, 0.717) is 25.3 Å². The van der Waals surface area contributed by atoms with Gasteiger partial charge >= 0.3 is 0 Å². The van der Waals surface area contributed by atoms with Crippen LogP contribution in [0.3, 0.4) is 0 Å². The SMILES string of the molecule is CCOc1ccc(C(=O)NC2CCN(c3cnn(CCOC)c(=O)c3)CC2)cc1. The fourth-order valence-corrected chi connectivity index (χ4v) is 3.36. The third-order valence-electron chi connectivity index (χ3n) is 4.99. The van der Waals surface area contributed by atoms with Gasteiger partial charge in [0, 0.05) is 37.9 Å². The summed E-state index contributed by atoms with van der Waals surface area (Å²) >= 11 is 0. The fraction of sp³-hybridized carbons (Fsp3) is 0.476. The number of carbonyl (C=O) groups is 1. The monoisotopic (exact) mass is 400 g/mol. The van der Waals surface area contributed by atoms with Crippen LogP contribution in [0.15, 0.2) is 41.3 Å². The highest BCUT2D eigenvalue weighted by atomic mass is 16.5. The van der Waals surface area contributed by atoms with Crippen LogP contribution in [0.25, 0.3) is 0 Å². The van der Waals surface area contributed by atoms with Gasteiger partial charge in [0.15, 0.2) is 0 Å². The third kappa shape index (κ3) is 5.57. The Bertz CT molecular complexity index is 858. The van der Waals surface area contributed by atoms with Crippen molar-refractivity contribution in [1.82, 2.24) is 15.1 Å². The number of rotatable bonds is 8. The number of hydrogen-bond donors (Lipinski definition) is 1. The lowest BCUT2D eigenvalue weighted by Gasteiger charge is -2.33. The molecule has 156 valence electrons. The van der Waals surface area contributed by atoms with Crippen LogP contribution in [0.4, 0.5) is 5.69 Å². The second-order valence-corrected chi connectivity index (χ2v) is 6.96. The first kappa shape index (κ1) is 20.9. The van der Waals surface area contributed by atoms with E-state index in [-0.39, 0.29) is 17.5 Å². The summed E-state index contributed by atoms with van der Waals surface area (Å²) in [6.45, 7) is 4.94. The molecule has 0 spiro atoms. The molecule has 1 amide bonds. The number of piperidine rings is 1. The quantitative estimate of drug-likeness (QED) is 0.726. The molecule has 1 N–H and O–H groups in total. The minimum Gasteiger partial charge on any atom is -0.494 e. The number of carbonyl (C=O) groups excluding carboxylic acids is 1. The second kappa shape index (κ2) is 10.1. The van der Waals surface area contributed by atoms with Crippen LogP contribution in [0.2, 0.25) is 0 Å². The predicted molar refractivity (Wildman–Crippen MR) is 111 cm³/mol. The van der Waals surface area contributed by atoms with Gasteiger partial charge in [-0.15, -0.1) is 0 Å². The minimum absolute atomic E-state index is 0.0751.